The second kappa shape index (κ2) is 5.07. The number of nitrogens with zero attached hydrogens (tertiary/aromatic N) is 3. The van der Waals surface area contributed by atoms with E-state index in [0.29, 0.717) is 29.6 Å². The second-order valence-electron chi connectivity index (χ2n) is 5.18. The Kier molecular flexibility index (Phi) is 3.25. The average Bonchev–Trinajstić information content (AvgIpc) is 3.07. The van der Waals surface area contributed by atoms with E-state index < -0.39 is 0 Å². The summed E-state index contributed by atoms with van der Waals surface area (Å²) in [5.74, 6) is 1.37. The number of carbonyl (C=O) groups is 1. The quantitative estimate of drug-likeness (QED) is 0.915. The van der Waals surface area contributed by atoms with E-state index >= 15 is 0 Å². The highest BCUT2D eigenvalue weighted by Crippen LogP contribution is 2.36. The van der Waals surface area contributed by atoms with Crippen LogP contribution in [0.5, 0.6) is 0 Å². The second-order valence-corrected chi connectivity index (χ2v) is 5.18. The van der Waals surface area contributed by atoms with Gasteiger partial charge in [0.1, 0.15) is 5.76 Å². The highest BCUT2D eigenvalue weighted by atomic mass is 16.5. The summed E-state index contributed by atoms with van der Waals surface area (Å²) in [6, 6.07) is 0. The van der Waals surface area contributed by atoms with Crippen LogP contribution in [-0.4, -0.2) is 21.0 Å². The summed E-state index contributed by atoms with van der Waals surface area (Å²) in [5, 5.41) is 3.94. The highest BCUT2D eigenvalue weighted by Gasteiger charge is 2.30. The molecule has 7 heteroatoms. The molecule has 7 nitrogen and oxygen atoms in total. The predicted octanol–water partition coefficient (Wildman–Crippen LogP) is 1.79. The molecule has 2 N–H and O–H groups in total. The molecule has 0 saturated heterocycles. The number of aryl methyl sites for hydroxylation is 1. The van der Waals surface area contributed by atoms with Crippen molar-refractivity contribution in [3.63, 3.8) is 0 Å². The standard InChI is InChI=1S/C13H16N4O3/c1-7-10(15-6-19-7)12-16-13(20-17-12)9-4-2-3-8(5-9)11(14)18/h6,8-9H,2-5H2,1H3,(H2,14,18). The summed E-state index contributed by atoms with van der Waals surface area (Å²) in [7, 11) is 0. The van der Waals surface area contributed by atoms with Gasteiger partial charge >= 0.3 is 0 Å². The van der Waals surface area contributed by atoms with Gasteiger partial charge in [-0.05, 0) is 26.2 Å². The van der Waals surface area contributed by atoms with Crippen LogP contribution >= 0.6 is 0 Å². The molecule has 1 fully saturated rings. The van der Waals surface area contributed by atoms with Gasteiger partial charge in [-0.25, -0.2) is 4.98 Å². The van der Waals surface area contributed by atoms with Crippen molar-refractivity contribution in [1.82, 2.24) is 15.1 Å². The largest absolute Gasteiger partial charge is 0.448 e. The van der Waals surface area contributed by atoms with E-state index in [9.17, 15) is 4.79 Å². The van der Waals surface area contributed by atoms with E-state index in [1.807, 2.05) is 0 Å². The molecule has 2 aromatic heterocycles. The fourth-order valence-electron chi connectivity index (χ4n) is 2.69. The first-order chi connectivity index (χ1) is 9.65. The molecule has 1 aliphatic carbocycles. The molecule has 2 atom stereocenters. The number of hydrogen-bond donors (Lipinski definition) is 1. The van der Waals surface area contributed by atoms with Gasteiger partial charge in [0.15, 0.2) is 12.1 Å². The maximum atomic E-state index is 11.3. The molecule has 106 valence electrons. The van der Waals surface area contributed by atoms with Crippen LogP contribution in [0, 0.1) is 12.8 Å². The monoisotopic (exact) mass is 276 g/mol. The lowest BCUT2D eigenvalue weighted by atomic mass is 9.81. The van der Waals surface area contributed by atoms with Gasteiger partial charge in [0.05, 0.1) is 0 Å². The zero-order chi connectivity index (χ0) is 14.1. The first-order valence-electron chi connectivity index (χ1n) is 6.68. The molecule has 1 saturated carbocycles. The minimum absolute atomic E-state index is 0.0923. The third kappa shape index (κ3) is 2.31. The number of carbonyl (C=O) groups excluding carboxylic acids is 1. The van der Waals surface area contributed by atoms with Crippen LogP contribution in [0.1, 0.15) is 43.3 Å². The van der Waals surface area contributed by atoms with Crippen molar-refractivity contribution < 1.29 is 13.7 Å². The first kappa shape index (κ1) is 12.8. The van der Waals surface area contributed by atoms with E-state index in [-0.39, 0.29) is 17.7 Å². The molecule has 2 unspecified atom stereocenters. The number of amides is 1. The van der Waals surface area contributed by atoms with Crippen LogP contribution in [0.15, 0.2) is 15.3 Å². The lowest BCUT2D eigenvalue weighted by Crippen LogP contribution is -2.27. The minimum Gasteiger partial charge on any atom is -0.448 e. The topological polar surface area (TPSA) is 108 Å². The van der Waals surface area contributed by atoms with Gasteiger partial charge in [-0.2, -0.15) is 4.98 Å². The number of primary amides is 1. The summed E-state index contributed by atoms with van der Waals surface area (Å²) in [6.45, 7) is 1.79. The molecule has 3 rings (SSSR count). The summed E-state index contributed by atoms with van der Waals surface area (Å²) in [4.78, 5) is 19.7. The van der Waals surface area contributed by atoms with Gasteiger partial charge in [-0.15, -0.1) is 0 Å². The number of aromatic nitrogens is 3. The molecule has 2 heterocycles. The normalized spacial score (nSPS) is 22.9. The van der Waals surface area contributed by atoms with E-state index in [0.717, 1.165) is 19.3 Å². The van der Waals surface area contributed by atoms with Crippen LogP contribution in [-0.2, 0) is 4.79 Å². The van der Waals surface area contributed by atoms with Crippen LogP contribution in [0.25, 0.3) is 11.5 Å². The van der Waals surface area contributed by atoms with E-state index in [1.54, 1.807) is 6.92 Å². The summed E-state index contributed by atoms with van der Waals surface area (Å²) in [5.41, 5.74) is 5.97. The maximum Gasteiger partial charge on any atom is 0.230 e. The van der Waals surface area contributed by atoms with E-state index in [4.69, 9.17) is 14.7 Å². The molecule has 0 spiro atoms. The van der Waals surface area contributed by atoms with Gasteiger partial charge in [-0.1, -0.05) is 11.6 Å². The number of rotatable bonds is 3. The van der Waals surface area contributed by atoms with Crippen molar-refractivity contribution in [3.8, 4) is 11.5 Å². The third-order valence-corrected chi connectivity index (χ3v) is 3.82. The predicted molar refractivity (Wildman–Crippen MR) is 68.4 cm³/mol. The molecular formula is C13H16N4O3. The summed E-state index contributed by atoms with van der Waals surface area (Å²) < 4.78 is 10.4. The van der Waals surface area contributed by atoms with Crippen molar-refractivity contribution in [1.29, 1.82) is 0 Å². The summed E-state index contributed by atoms with van der Waals surface area (Å²) in [6.07, 6.45) is 4.75. The lowest BCUT2D eigenvalue weighted by Gasteiger charge is -2.24. The Balaban J connectivity index is 1.80. The third-order valence-electron chi connectivity index (χ3n) is 3.82. The Morgan fingerprint density at radius 2 is 2.30 bits per heavy atom. The number of nitrogens with two attached hydrogens (primary N) is 1. The first-order valence-corrected chi connectivity index (χ1v) is 6.68. The average molecular weight is 276 g/mol. The SMILES string of the molecule is Cc1ocnc1-c1noc(C2CCCC(C(N)=O)C2)n1. The minimum atomic E-state index is -0.248. The maximum absolute atomic E-state index is 11.3. The Morgan fingerprint density at radius 1 is 1.45 bits per heavy atom. The van der Waals surface area contributed by atoms with Crippen molar-refractivity contribution in [2.24, 2.45) is 11.7 Å². The van der Waals surface area contributed by atoms with Crippen LogP contribution in [0.4, 0.5) is 0 Å². The molecule has 0 aromatic carbocycles. The van der Waals surface area contributed by atoms with Crippen LogP contribution < -0.4 is 5.73 Å². The van der Waals surface area contributed by atoms with Gasteiger partial charge in [0, 0.05) is 11.8 Å². The Hall–Kier alpha value is -2.18. The lowest BCUT2D eigenvalue weighted by molar-refractivity contribution is -0.122. The number of hydrogen-bond acceptors (Lipinski definition) is 6. The molecule has 2 aromatic rings. The van der Waals surface area contributed by atoms with Gasteiger partial charge < -0.3 is 14.7 Å². The van der Waals surface area contributed by atoms with Crippen molar-refractivity contribution in [3.05, 3.63) is 18.0 Å². The Labute approximate surface area is 115 Å². The molecule has 0 bridgehead atoms. The molecule has 0 radical (unpaired) electrons. The Morgan fingerprint density at radius 3 is 3.00 bits per heavy atom. The highest BCUT2D eigenvalue weighted by molar-refractivity contribution is 5.76. The molecule has 0 aliphatic heterocycles. The van der Waals surface area contributed by atoms with Crippen LogP contribution in [0.3, 0.4) is 0 Å². The van der Waals surface area contributed by atoms with Gasteiger partial charge in [0.2, 0.25) is 17.6 Å². The number of oxazole rings is 1. The van der Waals surface area contributed by atoms with Crippen molar-refractivity contribution in [2.45, 2.75) is 38.5 Å². The molecular weight excluding hydrogens is 260 g/mol. The zero-order valence-electron chi connectivity index (χ0n) is 11.2. The smallest absolute Gasteiger partial charge is 0.230 e. The van der Waals surface area contributed by atoms with E-state index in [2.05, 4.69) is 15.1 Å². The molecule has 1 amide bonds. The van der Waals surface area contributed by atoms with Gasteiger partial charge in [0.25, 0.3) is 0 Å². The van der Waals surface area contributed by atoms with Crippen molar-refractivity contribution >= 4 is 5.91 Å². The fraction of sp³-hybridized carbons (Fsp3) is 0.538. The van der Waals surface area contributed by atoms with Crippen LogP contribution in [0.2, 0.25) is 0 Å². The Bertz CT molecular complexity index is 619. The molecule has 20 heavy (non-hydrogen) atoms. The summed E-state index contributed by atoms with van der Waals surface area (Å²) >= 11 is 0. The zero-order valence-corrected chi connectivity index (χ0v) is 11.2. The van der Waals surface area contributed by atoms with Gasteiger partial charge in [-0.3, -0.25) is 4.79 Å². The van der Waals surface area contributed by atoms with E-state index in [1.165, 1.54) is 6.39 Å². The van der Waals surface area contributed by atoms with Crippen molar-refractivity contribution in [2.75, 3.05) is 0 Å². The molecule has 1 aliphatic rings. The fourth-order valence-corrected chi connectivity index (χ4v) is 2.69.